The molecule has 0 heterocycles. The standard InChI is InChI=1S/C28H38F3NO3/c1-3-4-5-6-7-9-12-22-15-17-23(18-16-22)19-20-25(21-33)32-26(34)27(35-2,28(29,30)31)24-13-10-8-11-14-24/h8,10-11,13-18,25,33H,3-7,9,12,19-21H2,1-2H3,(H,32,34)/t25-,27?/m0/s1. The summed E-state index contributed by atoms with van der Waals surface area (Å²) in [4.78, 5) is 12.9. The van der Waals surface area contributed by atoms with Gasteiger partial charge in [-0.15, -0.1) is 0 Å². The van der Waals surface area contributed by atoms with Crippen LogP contribution >= 0.6 is 0 Å². The van der Waals surface area contributed by atoms with Crippen molar-refractivity contribution in [2.24, 2.45) is 0 Å². The fourth-order valence-electron chi connectivity index (χ4n) is 4.24. The van der Waals surface area contributed by atoms with Gasteiger partial charge in [-0.25, -0.2) is 0 Å². The summed E-state index contributed by atoms with van der Waals surface area (Å²) in [7, 11) is 0.862. The minimum absolute atomic E-state index is 0.297. The van der Waals surface area contributed by atoms with E-state index in [4.69, 9.17) is 4.74 Å². The molecule has 0 radical (unpaired) electrons. The van der Waals surface area contributed by atoms with Crippen molar-refractivity contribution in [3.05, 3.63) is 71.3 Å². The van der Waals surface area contributed by atoms with E-state index in [0.29, 0.717) is 12.8 Å². The number of hydrogen-bond donors (Lipinski definition) is 2. The maximum Gasteiger partial charge on any atom is 0.430 e. The number of methoxy groups -OCH3 is 1. The van der Waals surface area contributed by atoms with Crippen molar-refractivity contribution < 1.29 is 27.8 Å². The lowest BCUT2D eigenvalue weighted by molar-refractivity contribution is -0.266. The van der Waals surface area contributed by atoms with Crippen LogP contribution in [0.2, 0.25) is 0 Å². The third kappa shape index (κ3) is 8.07. The molecule has 2 atom stereocenters. The summed E-state index contributed by atoms with van der Waals surface area (Å²) in [5, 5.41) is 12.1. The smallest absolute Gasteiger partial charge is 0.394 e. The highest BCUT2D eigenvalue weighted by atomic mass is 19.4. The molecule has 2 aromatic rings. The maximum atomic E-state index is 14.1. The molecule has 0 aromatic heterocycles. The number of aliphatic hydroxyl groups is 1. The molecule has 0 aliphatic rings. The molecule has 2 aromatic carbocycles. The van der Waals surface area contributed by atoms with Gasteiger partial charge in [-0.3, -0.25) is 4.79 Å². The molecular weight excluding hydrogens is 455 g/mol. The third-order valence-electron chi connectivity index (χ3n) is 6.38. The molecule has 2 rings (SSSR count). The molecule has 0 saturated carbocycles. The quantitative estimate of drug-likeness (QED) is 0.295. The van der Waals surface area contributed by atoms with Crippen LogP contribution in [0, 0.1) is 0 Å². The van der Waals surface area contributed by atoms with E-state index < -0.39 is 30.3 Å². The van der Waals surface area contributed by atoms with E-state index in [0.717, 1.165) is 25.5 Å². The average molecular weight is 494 g/mol. The Labute approximate surface area is 206 Å². The Hall–Kier alpha value is -2.38. The van der Waals surface area contributed by atoms with E-state index in [9.17, 15) is 23.1 Å². The Bertz CT molecular complexity index is 871. The number of aliphatic hydroxyl groups excluding tert-OH is 1. The number of unbranched alkanes of at least 4 members (excludes halogenated alkanes) is 5. The monoisotopic (exact) mass is 493 g/mol. The SMILES string of the molecule is CCCCCCCCc1ccc(CC[C@@H](CO)NC(=O)C(OC)(c2ccccc2)C(F)(F)F)cc1. The van der Waals surface area contributed by atoms with E-state index in [1.54, 1.807) is 6.07 Å². The van der Waals surface area contributed by atoms with Gasteiger partial charge in [0.2, 0.25) is 0 Å². The van der Waals surface area contributed by atoms with E-state index in [-0.39, 0.29) is 5.56 Å². The van der Waals surface area contributed by atoms with Crippen molar-refractivity contribution in [3.8, 4) is 0 Å². The van der Waals surface area contributed by atoms with Crippen molar-refractivity contribution in [2.45, 2.75) is 82.5 Å². The van der Waals surface area contributed by atoms with E-state index in [1.165, 1.54) is 61.9 Å². The number of benzene rings is 2. The number of alkyl halides is 3. The van der Waals surface area contributed by atoms with Crippen LogP contribution in [-0.4, -0.2) is 36.9 Å². The predicted molar refractivity (Wildman–Crippen MR) is 132 cm³/mol. The number of nitrogens with one attached hydrogen (secondary N) is 1. The Morgan fingerprint density at radius 3 is 2.03 bits per heavy atom. The van der Waals surface area contributed by atoms with Gasteiger partial charge in [0.25, 0.3) is 11.5 Å². The van der Waals surface area contributed by atoms with E-state index in [1.807, 2.05) is 12.1 Å². The van der Waals surface area contributed by atoms with Gasteiger partial charge in [-0.1, -0.05) is 93.6 Å². The Morgan fingerprint density at radius 2 is 1.49 bits per heavy atom. The van der Waals surface area contributed by atoms with Crippen molar-refractivity contribution in [3.63, 3.8) is 0 Å². The first kappa shape index (κ1) is 28.9. The largest absolute Gasteiger partial charge is 0.430 e. The van der Waals surface area contributed by atoms with Crippen LogP contribution in [0.4, 0.5) is 13.2 Å². The average Bonchev–Trinajstić information content (AvgIpc) is 2.85. The van der Waals surface area contributed by atoms with Gasteiger partial charge >= 0.3 is 6.18 Å². The highest BCUT2D eigenvalue weighted by molar-refractivity contribution is 5.88. The number of ether oxygens (including phenoxy) is 1. The minimum Gasteiger partial charge on any atom is -0.394 e. The molecule has 0 saturated heterocycles. The summed E-state index contributed by atoms with van der Waals surface area (Å²) < 4.78 is 47.0. The highest BCUT2D eigenvalue weighted by Crippen LogP contribution is 2.42. The molecule has 0 aliphatic heterocycles. The van der Waals surface area contributed by atoms with Crippen LogP contribution in [0.3, 0.4) is 0 Å². The number of hydrogen-bond acceptors (Lipinski definition) is 3. The Kier molecular flexibility index (Phi) is 11.7. The second-order valence-corrected chi connectivity index (χ2v) is 8.97. The van der Waals surface area contributed by atoms with E-state index >= 15 is 0 Å². The van der Waals surface area contributed by atoms with Crippen molar-refractivity contribution >= 4 is 5.91 Å². The topological polar surface area (TPSA) is 58.6 Å². The Balaban J connectivity index is 1.95. The molecule has 0 aliphatic carbocycles. The summed E-state index contributed by atoms with van der Waals surface area (Å²) in [6.45, 7) is 1.73. The summed E-state index contributed by atoms with van der Waals surface area (Å²) >= 11 is 0. The molecule has 194 valence electrons. The number of halogens is 3. The molecule has 0 bridgehead atoms. The van der Waals surface area contributed by atoms with Crippen LogP contribution in [-0.2, 0) is 28.0 Å². The van der Waals surface area contributed by atoms with Gasteiger partial charge in [0.05, 0.1) is 12.6 Å². The number of rotatable bonds is 15. The molecule has 35 heavy (non-hydrogen) atoms. The molecule has 1 amide bonds. The van der Waals surface area contributed by atoms with Crippen LogP contribution in [0.25, 0.3) is 0 Å². The molecule has 1 unspecified atom stereocenters. The van der Waals surface area contributed by atoms with Crippen molar-refractivity contribution in [1.29, 1.82) is 0 Å². The fourth-order valence-corrected chi connectivity index (χ4v) is 4.24. The van der Waals surface area contributed by atoms with Crippen molar-refractivity contribution in [1.82, 2.24) is 5.32 Å². The number of carbonyl (C=O) groups excluding carboxylic acids is 1. The lowest BCUT2D eigenvalue weighted by atomic mass is 9.91. The molecule has 2 N–H and O–H groups in total. The third-order valence-corrected chi connectivity index (χ3v) is 6.38. The molecule has 7 heteroatoms. The second-order valence-electron chi connectivity index (χ2n) is 8.97. The maximum absolute atomic E-state index is 14.1. The number of amides is 1. The summed E-state index contributed by atoms with van der Waals surface area (Å²) in [6.07, 6.45) is 4.32. The van der Waals surface area contributed by atoms with Crippen molar-refractivity contribution in [2.75, 3.05) is 13.7 Å². The summed E-state index contributed by atoms with van der Waals surface area (Å²) in [5.74, 6) is -1.34. The van der Waals surface area contributed by atoms with Gasteiger partial charge in [-0.05, 0) is 36.8 Å². The molecule has 4 nitrogen and oxygen atoms in total. The fraction of sp³-hybridized carbons (Fsp3) is 0.536. The summed E-state index contributed by atoms with van der Waals surface area (Å²) in [5.41, 5.74) is -1.21. The summed E-state index contributed by atoms with van der Waals surface area (Å²) in [6, 6.07) is 14.1. The van der Waals surface area contributed by atoms with Crippen LogP contribution in [0.1, 0.15) is 68.6 Å². The first-order valence-corrected chi connectivity index (χ1v) is 12.5. The number of carbonyl (C=O) groups is 1. The van der Waals surface area contributed by atoms with Gasteiger partial charge in [0.1, 0.15) is 0 Å². The zero-order valence-corrected chi connectivity index (χ0v) is 20.7. The van der Waals surface area contributed by atoms with Crippen LogP contribution < -0.4 is 5.32 Å². The first-order chi connectivity index (χ1) is 16.8. The molecular formula is C28H38F3NO3. The Morgan fingerprint density at radius 1 is 0.914 bits per heavy atom. The normalized spacial score (nSPS) is 14.3. The van der Waals surface area contributed by atoms with E-state index in [2.05, 4.69) is 24.4 Å². The predicted octanol–water partition coefficient (Wildman–Crippen LogP) is 6.10. The highest BCUT2D eigenvalue weighted by Gasteiger charge is 2.62. The van der Waals surface area contributed by atoms with Gasteiger partial charge in [0, 0.05) is 12.7 Å². The zero-order valence-electron chi connectivity index (χ0n) is 20.7. The van der Waals surface area contributed by atoms with Crippen LogP contribution in [0.15, 0.2) is 54.6 Å². The lowest BCUT2D eigenvalue weighted by Gasteiger charge is -2.34. The van der Waals surface area contributed by atoms with Gasteiger partial charge in [0.15, 0.2) is 0 Å². The number of aryl methyl sites for hydroxylation is 2. The molecule has 0 spiro atoms. The molecule has 0 fully saturated rings. The second kappa shape index (κ2) is 14.2. The zero-order chi connectivity index (χ0) is 25.7. The van der Waals surface area contributed by atoms with Crippen LogP contribution in [0.5, 0.6) is 0 Å². The first-order valence-electron chi connectivity index (χ1n) is 12.5. The van der Waals surface area contributed by atoms with Gasteiger partial charge < -0.3 is 15.2 Å². The van der Waals surface area contributed by atoms with Gasteiger partial charge in [-0.2, -0.15) is 13.2 Å². The lowest BCUT2D eigenvalue weighted by Crippen LogP contribution is -2.58. The minimum atomic E-state index is -4.99.